The molecule has 0 radical (unpaired) electrons. The van der Waals surface area contributed by atoms with Crippen molar-refractivity contribution in [1.82, 2.24) is 9.71 Å². The zero-order valence-electron chi connectivity index (χ0n) is 13.2. The number of hydrogen-bond acceptors (Lipinski definition) is 6. The van der Waals surface area contributed by atoms with Gasteiger partial charge in [0.1, 0.15) is 0 Å². The quantitative estimate of drug-likeness (QED) is 0.882. The summed E-state index contributed by atoms with van der Waals surface area (Å²) in [6.45, 7) is 2.89. The van der Waals surface area contributed by atoms with Crippen LogP contribution < -0.4 is 4.72 Å². The SMILES string of the molecule is Cc1ccc(-c2ocnc2C(=O)NS(=O)(=O)CC2CCOC2)cc1. The van der Waals surface area contributed by atoms with Gasteiger partial charge in [-0.05, 0) is 13.3 Å². The molecule has 1 amide bonds. The third-order valence-corrected chi connectivity index (χ3v) is 5.23. The van der Waals surface area contributed by atoms with Gasteiger partial charge in [-0.1, -0.05) is 29.8 Å². The van der Waals surface area contributed by atoms with Gasteiger partial charge in [0, 0.05) is 18.1 Å². The van der Waals surface area contributed by atoms with Crippen molar-refractivity contribution >= 4 is 15.9 Å². The van der Waals surface area contributed by atoms with E-state index >= 15 is 0 Å². The average molecular weight is 350 g/mol. The molecule has 8 heteroatoms. The number of oxazole rings is 1. The van der Waals surface area contributed by atoms with Crippen LogP contribution in [0.2, 0.25) is 0 Å². The molecule has 3 rings (SSSR count). The van der Waals surface area contributed by atoms with Crippen LogP contribution in [0.15, 0.2) is 35.1 Å². The molecule has 7 nitrogen and oxygen atoms in total. The Kier molecular flexibility index (Phi) is 4.68. The van der Waals surface area contributed by atoms with Gasteiger partial charge in [-0.2, -0.15) is 0 Å². The van der Waals surface area contributed by atoms with Gasteiger partial charge in [-0.25, -0.2) is 18.1 Å². The second-order valence-corrected chi connectivity index (χ2v) is 7.61. The smallest absolute Gasteiger partial charge is 0.287 e. The van der Waals surface area contributed by atoms with E-state index in [1.165, 1.54) is 0 Å². The van der Waals surface area contributed by atoms with E-state index in [0.29, 0.717) is 25.2 Å². The standard InChI is InChI=1S/C16H18N2O5S/c1-11-2-4-13(5-3-11)15-14(17-10-23-15)16(19)18-24(20,21)9-12-6-7-22-8-12/h2-5,10,12H,6-9H2,1H3,(H,18,19). The second kappa shape index (κ2) is 6.74. The molecule has 1 aromatic carbocycles. The Bertz CT molecular complexity index is 820. The Balaban J connectivity index is 1.76. The van der Waals surface area contributed by atoms with Crippen molar-refractivity contribution in [2.24, 2.45) is 5.92 Å². The van der Waals surface area contributed by atoms with Crippen LogP contribution in [0.3, 0.4) is 0 Å². The number of sulfonamides is 1. The molecule has 0 bridgehead atoms. The molecule has 0 saturated carbocycles. The lowest BCUT2D eigenvalue weighted by atomic mass is 10.1. The predicted octanol–water partition coefficient (Wildman–Crippen LogP) is 1.75. The Hall–Kier alpha value is -2.19. The van der Waals surface area contributed by atoms with E-state index in [2.05, 4.69) is 9.71 Å². The van der Waals surface area contributed by atoms with E-state index in [0.717, 1.165) is 12.0 Å². The summed E-state index contributed by atoms with van der Waals surface area (Å²) in [6.07, 6.45) is 1.80. The molecule has 0 aliphatic carbocycles. The summed E-state index contributed by atoms with van der Waals surface area (Å²) in [6, 6.07) is 7.32. The predicted molar refractivity (Wildman–Crippen MR) is 86.9 cm³/mol. The van der Waals surface area contributed by atoms with Gasteiger partial charge in [0.05, 0.1) is 12.4 Å². The van der Waals surface area contributed by atoms with Gasteiger partial charge in [0.15, 0.2) is 17.8 Å². The number of nitrogens with one attached hydrogen (secondary N) is 1. The molecule has 1 aliphatic heterocycles. The van der Waals surface area contributed by atoms with Crippen molar-refractivity contribution in [2.75, 3.05) is 19.0 Å². The number of carbonyl (C=O) groups excluding carboxylic acids is 1. The first kappa shape index (κ1) is 16.7. The van der Waals surface area contributed by atoms with Gasteiger partial charge in [0.2, 0.25) is 10.0 Å². The maximum Gasteiger partial charge on any atom is 0.287 e. The van der Waals surface area contributed by atoms with Crippen LogP contribution in [0, 0.1) is 12.8 Å². The van der Waals surface area contributed by atoms with E-state index in [-0.39, 0.29) is 23.1 Å². The third kappa shape index (κ3) is 3.82. The van der Waals surface area contributed by atoms with Crippen LogP contribution in [0.1, 0.15) is 22.5 Å². The van der Waals surface area contributed by atoms with Gasteiger partial charge >= 0.3 is 0 Å². The van der Waals surface area contributed by atoms with Crippen LogP contribution >= 0.6 is 0 Å². The molecule has 1 unspecified atom stereocenters. The number of aromatic nitrogens is 1. The summed E-state index contributed by atoms with van der Waals surface area (Å²) in [5, 5.41) is 0. The molecule has 2 aromatic rings. The highest BCUT2D eigenvalue weighted by molar-refractivity contribution is 7.90. The number of aryl methyl sites for hydroxylation is 1. The first-order chi connectivity index (χ1) is 11.4. The molecule has 24 heavy (non-hydrogen) atoms. The van der Waals surface area contributed by atoms with E-state index in [1.54, 1.807) is 12.1 Å². The van der Waals surface area contributed by atoms with Crippen molar-refractivity contribution in [2.45, 2.75) is 13.3 Å². The lowest BCUT2D eigenvalue weighted by Gasteiger charge is -2.09. The highest BCUT2D eigenvalue weighted by Crippen LogP contribution is 2.23. The van der Waals surface area contributed by atoms with E-state index in [4.69, 9.17) is 9.15 Å². The molecule has 0 spiro atoms. The largest absolute Gasteiger partial charge is 0.443 e. The van der Waals surface area contributed by atoms with Crippen LogP contribution in [0.25, 0.3) is 11.3 Å². The fourth-order valence-electron chi connectivity index (χ4n) is 2.57. The molecule has 1 N–H and O–H groups in total. The van der Waals surface area contributed by atoms with Crippen molar-refractivity contribution in [3.63, 3.8) is 0 Å². The van der Waals surface area contributed by atoms with Crippen molar-refractivity contribution in [3.8, 4) is 11.3 Å². The zero-order valence-corrected chi connectivity index (χ0v) is 14.0. The first-order valence-electron chi connectivity index (χ1n) is 7.58. The highest BCUT2D eigenvalue weighted by atomic mass is 32.2. The number of benzene rings is 1. The Morgan fingerprint density at radius 3 is 2.75 bits per heavy atom. The van der Waals surface area contributed by atoms with E-state index < -0.39 is 15.9 Å². The molecule has 1 atom stereocenters. The molecule has 2 heterocycles. The number of carbonyl (C=O) groups is 1. The summed E-state index contributed by atoms with van der Waals surface area (Å²) >= 11 is 0. The number of nitrogens with zero attached hydrogens (tertiary/aromatic N) is 1. The van der Waals surface area contributed by atoms with Crippen molar-refractivity contribution in [3.05, 3.63) is 41.9 Å². The Labute approximate surface area is 140 Å². The minimum atomic E-state index is -3.76. The Morgan fingerprint density at radius 2 is 2.08 bits per heavy atom. The summed E-state index contributed by atoms with van der Waals surface area (Å²) in [5.41, 5.74) is 1.67. The van der Waals surface area contributed by atoms with E-state index in [1.807, 2.05) is 19.1 Å². The monoisotopic (exact) mass is 350 g/mol. The van der Waals surface area contributed by atoms with Crippen LogP contribution in [0.5, 0.6) is 0 Å². The molecule has 1 fully saturated rings. The highest BCUT2D eigenvalue weighted by Gasteiger charge is 2.27. The first-order valence-corrected chi connectivity index (χ1v) is 9.23. The summed E-state index contributed by atoms with van der Waals surface area (Å²) < 4.78 is 36.8. The molecule has 1 aromatic heterocycles. The third-order valence-electron chi connectivity index (χ3n) is 3.82. The van der Waals surface area contributed by atoms with Crippen LogP contribution in [-0.2, 0) is 14.8 Å². The van der Waals surface area contributed by atoms with Crippen molar-refractivity contribution < 1.29 is 22.4 Å². The second-order valence-electron chi connectivity index (χ2n) is 5.84. The number of amides is 1. The number of hydrogen-bond donors (Lipinski definition) is 1. The number of ether oxygens (including phenoxy) is 1. The molecular formula is C16H18N2O5S. The maximum absolute atomic E-state index is 12.3. The van der Waals surface area contributed by atoms with Crippen LogP contribution in [0.4, 0.5) is 0 Å². The van der Waals surface area contributed by atoms with Crippen molar-refractivity contribution in [1.29, 1.82) is 0 Å². The van der Waals surface area contributed by atoms with Gasteiger partial charge in [0.25, 0.3) is 5.91 Å². The summed E-state index contributed by atoms with van der Waals surface area (Å²) in [5.74, 6) is -0.787. The molecule has 128 valence electrons. The Morgan fingerprint density at radius 1 is 1.33 bits per heavy atom. The average Bonchev–Trinajstić information content (AvgIpc) is 3.18. The van der Waals surface area contributed by atoms with Gasteiger partial charge in [-0.15, -0.1) is 0 Å². The fraction of sp³-hybridized carbons (Fsp3) is 0.375. The topological polar surface area (TPSA) is 98.5 Å². The summed E-state index contributed by atoms with van der Waals surface area (Å²) in [7, 11) is -3.76. The van der Waals surface area contributed by atoms with E-state index in [9.17, 15) is 13.2 Å². The minimum absolute atomic E-state index is 0.0508. The number of rotatable bonds is 5. The normalized spacial score (nSPS) is 17.8. The fourth-order valence-corrected chi connectivity index (χ4v) is 3.92. The lowest BCUT2D eigenvalue weighted by molar-refractivity contribution is 0.0977. The minimum Gasteiger partial charge on any atom is -0.443 e. The maximum atomic E-state index is 12.3. The van der Waals surface area contributed by atoms with Gasteiger partial charge in [-0.3, -0.25) is 4.79 Å². The molecular weight excluding hydrogens is 332 g/mol. The van der Waals surface area contributed by atoms with Gasteiger partial charge < -0.3 is 9.15 Å². The zero-order chi connectivity index (χ0) is 17.2. The summed E-state index contributed by atoms with van der Waals surface area (Å²) in [4.78, 5) is 16.2. The lowest BCUT2D eigenvalue weighted by Crippen LogP contribution is -2.35. The molecule has 1 saturated heterocycles. The molecule has 1 aliphatic rings. The van der Waals surface area contributed by atoms with Crippen LogP contribution in [-0.4, -0.2) is 38.3 Å².